The summed E-state index contributed by atoms with van der Waals surface area (Å²) in [7, 11) is 0. The number of fused-ring (bicyclic) bond motifs is 3. The molecule has 0 aromatic carbocycles. The van der Waals surface area contributed by atoms with Crippen LogP contribution >= 0.6 is 0 Å². The van der Waals surface area contributed by atoms with Crippen molar-refractivity contribution in [2.75, 3.05) is 0 Å². The van der Waals surface area contributed by atoms with E-state index in [1.54, 1.807) is 5.57 Å². The van der Waals surface area contributed by atoms with E-state index in [0.717, 1.165) is 17.8 Å². The van der Waals surface area contributed by atoms with E-state index >= 15 is 0 Å². The van der Waals surface area contributed by atoms with Crippen LogP contribution in [0, 0.1) is 28.6 Å². The molecule has 2 fully saturated rings. The summed E-state index contributed by atoms with van der Waals surface area (Å²) in [6, 6.07) is 0. The molecule has 15 heavy (non-hydrogen) atoms. The minimum atomic E-state index is 0.644. The quantitative estimate of drug-likeness (QED) is 0.513. The van der Waals surface area contributed by atoms with E-state index in [9.17, 15) is 0 Å². The monoisotopic (exact) mass is 204 g/mol. The molecule has 0 spiro atoms. The third kappa shape index (κ3) is 1.09. The molecule has 84 valence electrons. The van der Waals surface area contributed by atoms with Crippen molar-refractivity contribution in [3.05, 3.63) is 11.6 Å². The lowest BCUT2D eigenvalue weighted by Gasteiger charge is -2.54. The molecule has 0 heteroatoms. The zero-order valence-corrected chi connectivity index (χ0v) is 10.6. The molecule has 0 aromatic rings. The Morgan fingerprint density at radius 3 is 2.60 bits per heavy atom. The zero-order chi connectivity index (χ0) is 10.8. The SMILES string of the molecule is CC1=CCCC2(C)C1CC1C2CC1(C)C. The Balaban J connectivity index is 1.95. The van der Waals surface area contributed by atoms with Crippen molar-refractivity contribution in [1.82, 2.24) is 0 Å². The molecule has 3 rings (SSSR count). The molecule has 0 aromatic heterocycles. The highest BCUT2D eigenvalue weighted by Gasteiger charge is 2.62. The molecular formula is C15H24. The second kappa shape index (κ2) is 2.70. The second-order valence-electron chi connectivity index (χ2n) is 7.19. The summed E-state index contributed by atoms with van der Waals surface area (Å²) in [5.41, 5.74) is 3.01. The molecule has 0 nitrogen and oxygen atoms in total. The molecule has 3 aliphatic carbocycles. The molecule has 0 radical (unpaired) electrons. The van der Waals surface area contributed by atoms with Crippen molar-refractivity contribution in [3.63, 3.8) is 0 Å². The highest BCUT2D eigenvalue weighted by molar-refractivity contribution is 5.22. The predicted molar refractivity (Wildman–Crippen MR) is 64.6 cm³/mol. The van der Waals surface area contributed by atoms with Gasteiger partial charge in [-0.1, -0.05) is 32.4 Å². The summed E-state index contributed by atoms with van der Waals surface area (Å²) >= 11 is 0. The fourth-order valence-electron chi connectivity index (χ4n) is 5.02. The molecule has 0 bridgehead atoms. The van der Waals surface area contributed by atoms with Crippen molar-refractivity contribution in [2.45, 2.75) is 53.4 Å². The molecule has 2 saturated carbocycles. The Hall–Kier alpha value is -0.260. The van der Waals surface area contributed by atoms with Gasteiger partial charge in [-0.3, -0.25) is 0 Å². The Kier molecular flexibility index (Phi) is 1.79. The summed E-state index contributed by atoms with van der Waals surface area (Å²) in [5.74, 6) is 2.98. The Morgan fingerprint density at radius 1 is 1.20 bits per heavy atom. The van der Waals surface area contributed by atoms with E-state index in [1.807, 2.05) is 0 Å². The lowest BCUT2D eigenvalue weighted by atomic mass is 9.51. The van der Waals surface area contributed by atoms with Gasteiger partial charge in [0.05, 0.1) is 0 Å². The highest BCUT2D eigenvalue weighted by Crippen LogP contribution is 2.70. The van der Waals surface area contributed by atoms with Gasteiger partial charge in [-0.15, -0.1) is 0 Å². The van der Waals surface area contributed by atoms with Gasteiger partial charge in [0.25, 0.3) is 0 Å². The van der Waals surface area contributed by atoms with Crippen molar-refractivity contribution in [1.29, 1.82) is 0 Å². The smallest absolute Gasteiger partial charge is 0.0146 e. The summed E-state index contributed by atoms with van der Waals surface area (Å²) in [4.78, 5) is 0. The topological polar surface area (TPSA) is 0 Å². The maximum atomic E-state index is 2.58. The van der Waals surface area contributed by atoms with Crippen LogP contribution in [0.25, 0.3) is 0 Å². The normalized spacial score (nSPS) is 51.5. The number of hydrogen-bond acceptors (Lipinski definition) is 0. The van der Waals surface area contributed by atoms with Crippen molar-refractivity contribution in [3.8, 4) is 0 Å². The van der Waals surface area contributed by atoms with E-state index in [0.29, 0.717) is 10.8 Å². The van der Waals surface area contributed by atoms with Crippen LogP contribution in [0.3, 0.4) is 0 Å². The van der Waals surface area contributed by atoms with E-state index in [2.05, 4.69) is 33.8 Å². The third-order valence-electron chi connectivity index (χ3n) is 6.07. The predicted octanol–water partition coefficient (Wildman–Crippen LogP) is 4.42. The van der Waals surface area contributed by atoms with Gasteiger partial charge in [-0.05, 0) is 61.2 Å². The van der Waals surface area contributed by atoms with Crippen LogP contribution in [0.15, 0.2) is 11.6 Å². The third-order valence-corrected chi connectivity index (χ3v) is 6.07. The van der Waals surface area contributed by atoms with Gasteiger partial charge in [-0.25, -0.2) is 0 Å². The van der Waals surface area contributed by atoms with Gasteiger partial charge in [0.15, 0.2) is 0 Å². The van der Waals surface area contributed by atoms with Crippen LogP contribution in [0.1, 0.15) is 53.4 Å². The fourth-order valence-corrected chi connectivity index (χ4v) is 5.02. The van der Waals surface area contributed by atoms with Crippen molar-refractivity contribution in [2.24, 2.45) is 28.6 Å². The van der Waals surface area contributed by atoms with Gasteiger partial charge in [0.2, 0.25) is 0 Å². The van der Waals surface area contributed by atoms with Crippen LogP contribution in [0.5, 0.6) is 0 Å². The van der Waals surface area contributed by atoms with Crippen LogP contribution in [0.4, 0.5) is 0 Å². The lowest BCUT2D eigenvalue weighted by Crippen LogP contribution is -2.46. The number of rotatable bonds is 0. The largest absolute Gasteiger partial charge is 0.0853 e. The molecule has 0 saturated heterocycles. The average Bonchev–Trinajstić information content (AvgIpc) is 2.38. The average molecular weight is 204 g/mol. The summed E-state index contributed by atoms with van der Waals surface area (Å²) in [6.07, 6.45) is 8.26. The molecule has 4 atom stereocenters. The standard InChI is InChI=1S/C15H24/c1-10-6-5-7-15(4)11(10)8-12-13(15)9-14(12,2)3/h6,11-13H,5,7-9H2,1-4H3. The first-order valence-electron chi connectivity index (χ1n) is 6.62. The molecule has 3 aliphatic rings. The van der Waals surface area contributed by atoms with Gasteiger partial charge in [0.1, 0.15) is 0 Å². The lowest BCUT2D eigenvalue weighted by molar-refractivity contribution is -0.0434. The van der Waals surface area contributed by atoms with E-state index in [-0.39, 0.29) is 0 Å². The van der Waals surface area contributed by atoms with E-state index in [1.165, 1.54) is 25.7 Å². The van der Waals surface area contributed by atoms with Gasteiger partial charge in [0, 0.05) is 0 Å². The minimum absolute atomic E-state index is 0.644. The Labute approximate surface area is 94.1 Å². The summed E-state index contributed by atoms with van der Waals surface area (Å²) in [5, 5.41) is 0. The first-order valence-corrected chi connectivity index (χ1v) is 6.62. The van der Waals surface area contributed by atoms with Crippen molar-refractivity contribution < 1.29 is 0 Å². The van der Waals surface area contributed by atoms with Gasteiger partial charge in [-0.2, -0.15) is 0 Å². The maximum Gasteiger partial charge on any atom is -0.0146 e. The second-order valence-corrected chi connectivity index (χ2v) is 7.19. The fraction of sp³-hybridized carbons (Fsp3) is 0.867. The number of hydrogen-bond donors (Lipinski definition) is 0. The first-order chi connectivity index (χ1) is 6.95. The van der Waals surface area contributed by atoms with Gasteiger partial charge < -0.3 is 0 Å². The highest BCUT2D eigenvalue weighted by atomic mass is 14.7. The molecular weight excluding hydrogens is 180 g/mol. The van der Waals surface area contributed by atoms with Crippen LogP contribution in [0.2, 0.25) is 0 Å². The van der Waals surface area contributed by atoms with Crippen LogP contribution < -0.4 is 0 Å². The number of allylic oxidation sites excluding steroid dienone is 2. The first kappa shape index (κ1) is 9.93. The van der Waals surface area contributed by atoms with Crippen molar-refractivity contribution >= 4 is 0 Å². The minimum Gasteiger partial charge on any atom is -0.0853 e. The van der Waals surface area contributed by atoms with E-state index < -0.39 is 0 Å². The molecule has 0 aliphatic heterocycles. The van der Waals surface area contributed by atoms with Crippen LogP contribution in [-0.2, 0) is 0 Å². The van der Waals surface area contributed by atoms with Crippen LogP contribution in [-0.4, -0.2) is 0 Å². The molecule has 4 unspecified atom stereocenters. The summed E-state index contributed by atoms with van der Waals surface area (Å²) in [6.45, 7) is 9.91. The summed E-state index contributed by atoms with van der Waals surface area (Å²) < 4.78 is 0. The molecule has 0 N–H and O–H groups in total. The maximum absolute atomic E-state index is 2.58. The van der Waals surface area contributed by atoms with Gasteiger partial charge >= 0.3 is 0 Å². The molecule has 0 heterocycles. The Bertz CT molecular complexity index is 323. The Morgan fingerprint density at radius 2 is 1.93 bits per heavy atom. The molecule has 0 amide bonds. The van der Waals surface area contributed by atoms with E-state index in [4.69, 9.17) is 0 Å². The zero-order valence-electron chi connectivity index (χ0n) is 10.6.